The van der Waals surface area contributed by atoms with E-state index in [-0.39, 0.29) is 202 Å². The fraction of sp³-hybridized carbons (Fsp3) is 0.375. The van der Waals surface area contributed by atoms with Crippen molar-refractivity contribution in [1.82, 2.24) is 29.9 Å². The van der Waals surface area contributed by atoms with Crippen LogP contribution >= 0.6 is 0 Å². The van der Waals surface area contributed by atoms with Crippen molar-refractivity contribution in [3.63, 3.8) is 0 Å². The van der Waals surface area contributed by atoms with Gasteiger partial charge < -0.3 is 70.5 Å². The van der Waals surface area contributed by atoms with Crippen molar-refractivity contribution in [2.24, 2.45) is 0 Å². The Bertz CT molecular complexity index is 2570. The number of aromatic nitrogens is 6. The van der Waals surface area contributed by atoms with Gasteiger partial charge in [0.05, 0.1) is 67.0 Å². The summed E-state index contributed by atoms with van der Waals surface area (Å²) in [6.45, 7) is -1.81. The van der Waals surface area contributed by atoms with E-state index in [1.165, 1.54) is 12.1 Å². The van der Waals surface area contributed by atoms with Gasteiger partial charge in [-0.2, -0.15) is 29.9 Å². The maximum atomic E-state index is 12.4. The van der Waals surface area contributed by atoms with Crippen LogP contribution in [0.1, 0.15) is 24.0 Å². The molecule has 0 bridgehead atoms. The average molecular weight is 1070 g/mol. The first-order valence-corrected chi connectivity index (χ1v) is 24.2. The molecule has 2 aromatic heterocycles. The van der Waals surface area contributed by atoms with Gasteiger partial charge in [0.2, 0.25) is 35.7 Å². The van der Waals surface area contributed by atoms with Crippen molar-refractivity contribution in [3.8, 4) is 0 Å². The topological polar surface area (TPSA) is 459 Å². The van der Waals surface area contributed by atoms with Crippen LogP contribution in [0.5, 0.6) is 0 Å². The van der Waals surface area contributed by atoms with E-state index in [1.54, 1.807) is 0 Å². The molecule has 36 heteroatoms. The summed E-state index contributed by atoms with van der Waals surface area (Å²) in [5, 5.41) is 53.3. The van der Waals surface area contributed by atoms with Gasteiger partial charge in [-0.1, -0.05) is 24.3 Å². The average Bonchev–Trinajstić information content (AvgIpc) is 3.18. The predicted molar refractivity (Wildman–Crippen MR) is 222 cm³/mol. The third-order valence-electron chi connectivity index (χ3n) is 8.00. The van der Waals surface area contributed by atoms with Crippen LogP contribution in [-0.2, 0) is 40.5 Å². The zero-order valence-electron chi connectivity index (χ0n) is 36.8. The molecule has 4 rings (SSSR count). The summed E-state index contributed by atoms with van der Waals surface area (Å²) in [4.78, 5) is 22.7. The Hall–Kier alpha value is -1.52. The monoisotopic (exact) mass is 1070 g/mol. The number of hydrogen-bond donors (Lipinski definition) is 10. The van der Waals surface area contributed by atoms with E-state index >= 15 is 0 Å². The molecule has 0 spiro atoms. The van der Waals surface area contributed by atoms with Gasteiger partial charge in [-0.05, 0) is 48.2 Å². The quantitative estimate of drug-likeness (QED) is 0.0159. The number of anilines is 8. The Labute approximate surface area is 479 Å². The van der Waals surface area contributed by atoms with Crippen LogP contribution in [0.15, 0.2) is 46.2 Å². The van der Waals surface area contributed by atoms with Crippen LogP contribution in [0.2, 0.25) is 0 Å². The Kier molecular flexibility index (Phi) is 29.8. The second kappa shape index (κ2) is 30.5. The molecule has 2 heterocycles. The summed E-state index contributed by atoms with van der Waals surface area (Å²) in [6.07, 6.45) is 0.0282. The van der Waals surface area contributed by atoms with E-state index in [1.807, 2.05) is 0 Å². The van der Waals surface area contributed by atoms with Crippen molar-refractivity contribution in [2.75, 3.05) is 82.8 Å². The molecule has 0 aliphatic carbocycles. The van der Waals surface area contributed by atoms with Crippen molar-refractivity contribution >= 4 is 99.7 Å². The van der Waals surface area contributed by atoms with Crippen LogP contribution in [0.4, 0.5) is 47.1 Å². The Morgan fingerprint density at radius 3 is 1.06 bits per heavy atom. The van der Waals surface area contributed by atoms with Crippen molar-refractivity contribution < 1.29 is 191 Å². The minimum Gasteiger partial charge on any atom is -0.748 e. The summed E-state index contributed by atoms with van der Waals surface area (Å²) < 4.78 is 141. The number of nitrogens with one attached hydrogen (secondary N) is 6. The first-order chi connectivity index (χ1) is 29.9. The SMILES string of the molecule is O=S(=O)([O-])CCNc1nc(NCCC(O)CO)nc(Nc2ccc(/C=C/c3ccc(Nc4nc(NCCC(O)CO)nc(NCCS(=O)(=O)[O-])n4)cc3S(=O)(=O)[O-])c(S(=O)(=O)[O-])c2)n1.[Na+].[Na+].[Na+].[Na+]. The third kappa shape index (κ3) is 24.3. The van der Waals surface area contributed by atoms with Gasteiger partial charge in [-0.15, -0.1) is 0 Å². The Morgan fingerprint density at radius 2 is 0.779 bits per heavy atom. The van der Waals surface area contributed by atoms with E-state index in [0.29, 0.717) is 0 Å². The standard InChI is InChI=1S/C32H44N12O16S4.4Na/c45-17-23(47)7-9-33-27-39-29(35-11-13-61(49,50)51)43-31(41-27)37-21-5-3-19(25(15-21)63(55,56)57)1-2-20-4-6-22(16-26(20)64(58,59)60)38-32-42-28(34-10-8-24(48)18-46)40-30(44-32)36-12-14-62(52,53)54;;;;/h1-6,15-16,23-24,45-48H,7-14,17-18H2,(H,49,50,51)(H,52,53,54)(H,55,56,57)(H,58,59,60)(H3,33,35,37,39,41,43)(H3,34,36,38,40,42,44);;;;/q;4*+1/p-4/b2-1+;;;;. The number of aliphatic hydroxyl groups excluding tert-OH is 4. The first-order valence-electron chi connectivity index (χ1n) is 18.3. The fourth-order valence-corrected chi connectivity index (χ4v) is 7.11. The maximum Gasteiger partial charge on any atom is 1.00 e. The number of benzene rings is 2. The molecule has 0 radical (unpaired) electrons. The van der Waals surface area contributed by atoms with Crippen LogP contribution in [0.3, 0.4) is 0 Å². The molecule has 0 fully saturated rings. The molecule has 0 aliphatic rings. The molecule has 2 aromatic carbocycles. The number of hydrogen-bond acceptors (Lipinski definition) is 28. The van der Waals surface area contributed by atoms with Gasteiger partial charge >= 0.3 is 118 Å². The Morgan fingerprint density at radius 1 is 0.485 bits per heavy atom. The van der Waals surface area contributed by atoms with E-state index in [4.69, 9.17) is 10.2 Å². The first kappa shape index (κ1) is 66.5. The van der Waals surface area contributed by atoms with Gasteiger partial charge in [-0.25, -0.2) is 33.7 Å². The second-order valence-corrected chi connectivity index (χ2v) is 18.8. The number of rotatable bonds is 26. The molecule has 0 saturated heterocycles. The summed E-state index contributed by atoms with van der Waals surface area (Å²) in [5.41, 5.74) is -0.696. The van der Waals surface area contributed by atoms with Crippen molar-refractivity contribution in [2.45, 2.75) is 34.8 Å². The van der Waals surface area contributed by atoms with Gasteiger partial charge in [0.1, 0.15) is 20.2 Å². The molecule has 28 nitrogen and oxygen atoms in total. The molecule has 0 aliphatic heterocycles. The summed E-state index contributed by atoms with van der Waals surface area (Å²) in [7, 11) is -19.8. The molecule has 68 heavy (non-hydrogen) atoms. The molecular formula is C32H40N12Na4O16S4. The molecule has 4 aromatic rings. The van der Waals surface area contributed by atoms with Crippen LogP contribution in [0.25, 0.3) is 12.2 Å². The van der Waals surface area contributed by atoms with Crippen LogP contribution in [0, 0.1) is 0 Å². The molecule has 352 valence electrons. The van der Waals surface area contributed by atoms with E-state index in [2.05, 4.69) is 61.8 Å². The van der Waals surface area contributed by atoms with Crippen molar-refractivity contribution in [3.05, 3.63) is 47.5 Å². The van der Waals surface area contributed by atoms with Gasteiger partial charge in [0.15, 0.2) is 0 Å². The minimum absolute atomic E-state index is 0. The minimum atomic E-state index is -5.27. The number of aliphatic hydroxyl groups is 4. The van der Waals surface area contributed by atoms with Crippen molar-refractivity contribution in [1.29, 1.82) is 0 Å². The largest absolute Gasteiger partial charge is 1.00 e. The Balaban J connectivity index is 0.0000112. The fourth-order valence-electron chi connectivity index (χ4n) is 5.01. The van der Waals surface area contributed by atoms with E-state index in [0.717, 1.165) is 36.4 Å². The summed E-state index contributed by atoms with van der Waals surface area (Å²) in [5.74, 6) is -3.02. The molecule has 0 saturated carbocycles. The molecule has 0 amide bonds. The van der Waals surface area contributed by atoms with Gasteiger partial charge in [-0.3, -0.25) is 0 Å². The normalized spacial score (nSPS) is 12.5. The van der Waals surface area contributed by atoms with Gasteiger partial charge in [0.25, 0.3) is 0 Å². The molecular weight excluding hydrogens is 1030 g/mol. The number of nitrogens with zero attached hydrogens (tertiary/aromatic N) is 6. The zero-order chi connectivity index (χ0) is 47.3. The summed E-state index contributed by atoms with van der Waals surface area (Å²) in [6, 6.07) is 6.62. The molecule has 2 atom stereocenters. The van der Waals surface area contributed by atoms with Crippen LogP contribution < -0.4 is 150 Å². The molecule has 10 N–H and O–H groups in total. The second-order valence-electron chi connectivity index (χ2n) is 13.1. The van der Waals surface area contributed by atoms with Crippen LogP contribution in [-0.4, -0.2) is 165 Å². The maximum absolute atomic E-state index is 12.4. The third-order valence-corrected chi connectivity index (χ3v) is 11.2. The summed E-state index contributed by atoms with van der Waals surface area (Å²) >= 11 is 0. The molecule has 2 unspecified atom stereocenters. The van der Waals surface area contributed by atoms with E-state index in [9.17, 15) is 62.1 Å². The predicted octanol–water partition coefficient (Wildman–Crippen LogP) is -14.2. The zero-order valence-corrected chi connectivity index (χ0v) is 48.1. The van der Waals surface area contributed by atoms with Gasteiger partial charge in [0, 0.05) is 37.6 Å². The van der Waals surface area contributed by atoms with E-state index < -0.39 is 100 Å². The smallest absolute Gasteiger partial charge is 0.748 e.